The van der Waals surface area contributed by atoms with Gasteiger partial charge >= 0.3 is 0 Å². The van der Waals surface area contributed by atoms with Crippen molar-refractivity contribution in [2.75, 3.05) is 57.6 Å². The molecule has 2 N–H and O–H groups in total. The van der Waals surface area contributed by atoms with Gasteiger partial charge in [0.15, 0.2) is 0 Å². The molecule has 1 saturated heterocycles. The molecule has 5 rings (SSSR count). The summed E-state index contributed by atoms with van der Waals surface area (Å²) < 4.78 is 40.8. The molecule has 2 amide bonds. The van der Waals surface area contributed by atoms with Crippen LogP contribution in [-0.4, -0.2) is 81.4 Å². The zero-order chi connectivity index (χ0) is 34.3. The Morgan fingerprint density at radius 3 is 2.38 bits per heavy atom. The zero-order valence-electron chi connectivity index (χ0n) is 27.3. The lowest BCUT2D eigenvalue weighted by Gasteiger charge is -2.27. The van der Waals surface area contributed by atoms with Crippen molar-refractivity contribution in [3.05, 3.63) is 81.6 Å². The first kappa shape index (κ1) is 35.4. The van der Waals surface area contributed by atoms with Gasteiger partial charge in [0.1, 0.15) is 11.5 Å². The van der Waals surface area contributed by atoms with E-state index in [4.69, 9.17) is 9.47 Å². The number of nitrogens with one attached hydrogen (secondary N) is 2. The summed E-state index contributed by atoms with van der Waals surface area (Å²) in [7, 11) is -0.976. The number of ether oxygens (including phenoxy) is 2. The molecule has 1 aliphatic rings. The third-order valence-corrected chi connectivity index (χ3v) is 10.8. The van der Waals surface area contributed by atoms with Crippen molar-refractivity contribution in [3.63, 3.8) is 0 Å². The molecule has 0 saturated carbocycles. The first-order chi connectivity index (χ1) is 23.1. The number of carbonyl (C=O) groups is 2. The Morgan fingerprint density at radius 2 is 1.67 bits per heavy atom. The summed E-state index contributed by atoms with van der Waals surface area (Å²) in [4.78, 5) is 32.8. The third-order valence-electron chi connectivity index (χ3n) is 8.23. The summed E-state index contributed by atoms with van der Waals surface area (Å²) in [6.07, 6.45) is 2.98. The molecule has 4 aromatic rings. The molecule has 3 aromatic carbocycles. The van der Waals surface area contributed by atoms with Crippen LogP contribution in [0.2, 0.25) is 0 Å². The SMILES string of the molecule is COc1ccc(S(=O)(=O)N(CCNc2cc(C)nc3ccc(I)cc23)CCC(=O)Nc2ccc(C(=O)N3CCCCC3)cc2OC)cc1. The Labute approximate surface area is 295 Å². The Bertz CT molecular complexity index is 1880. The van der Waals surface area contributed by atoms with Gasteiger partial charge in [0.25, 0.3) is 5.91 Å². The highest BCUT2D eigenvalue weighted by molar-refractivity contribution is 14.1. The van der Waals surface area contributed by atoms with E-state index in [0.717, 1.165) is 58.2 Å². The van der Waals surface area contributed by atoms with E-state index in [0.29, 0.717) is 29.3 Å². The number of hydrogen-bond acceptors (Lipinski definition) is 8. The molecule has 254 valence electrons. The number of likely N-dealkylation sites (tertiary alicyclic amines) is 1. The smallest absolute Gasteiger partial charge is 0.253 e. The molecule has 1 aromatic heterocycles. The van der Waals surface area contributed by atoms with E-state index in [-0.39, 0.29) is 30.3 Å². The number of rotatable bonds is 13. The van der Waals surface area contributed by atoms with Crippen LogP contribution in [0.3, 0.4) is 0 Å². The van der Waals surface area contributed by atoms with Crippen molar-refractivity contribution >= 4 is 66.7 Å². The van der Waals surface area contributed by atoms with E-state index in [2.05, 4.69) is 38.2 Å². The van der Waals surface area contributed by atoms with Crippen LogP contribution in [0.15, 0.2) is 71.6 Å². The Kier molecular flexibility index (Phi) is 11.8. The molecule has 11 nitrogen and oxygen atoms in total. The number of nitrogens with zero attached hydrogens (tertiary/aromatic N) is 3. The fourth-order valence-electron chi connectivity index (χ4n) is 5.69. The number of hydrogen-bond donors (Lipinski definition) is 2. The van der Waals surface area contributed by atoms with Crippen LogP contribution in [0.5, 0.6) is 11.5 Å². The molecule has 0 unspecified atom stereocenters. The van der Waals surface area contributed by atoms with Crippen LogP contribution >= 0.6 is 22.6 Å². The lowest BCUT2D eigenvalue weighted by Crippen LogP contribution is -2.37. The number of aromatic nitrogens is 1. The maximum Gasteiger partial charge on any atom is 0.253 e. The molecule has 1 aliphatic heterocycles. The normalized spacial score (nSPS) is 13.4. The van der Waals surface area contributed by atoms with E-state index in [1.54, 1.807) is 30.3 Å². The maximum atomic E-state index is 13.8. The molecule has 2 heterocycles. The Hall–Kier alpha value is -3.95. The predicted octanol–water partition coefficient (Wildman–Crippen LogP) is 5.92. The Balaban J connectivity index is 1.30. The monoisotopic (exact) mass is 785 g/mol. The van der Waals surface area contributed by atoms with Crippen molar-refractivity contribution in [2.45, 2.75) is 37.5 Å². The van der Waals surface area contributed by atoms with Crippen LogP contribution in [0, 0.1) is 10.5 Å². The molecule has 0 aliphatic carbocycles. The summed E-state index contributed by atoms with van der Waals surface area (Å²) in [6.45, 7) is 3.69. The highest BCUT2D eigenvalue weighted by Crippen LogP contribution is 2.28. The van der Waals surface area contributed by atoms with Crippen LogP contribution in [0.4, 0.5) is 11.4 Å². The van der Waals surface area contributed by atoms with Gasteiger partial charge in [0, 0.05) is 65.0 Å². The van der Waals surface area contributed by atoms with Crippen LogP contribution in [-0.2, 0) is 14.8 Å². The maximum absolute atomic E-state index is 13.8. The highest BCUT2D eigenvalue weighted by Gasteiger charge is 2.26. The second-order valence-electron chi connectivity index (χ2n) is 11.5. The van der Waals surface area contributed by atoms with Crippen molar-refractivity contribution in [2.24, 2.45) is 0 Å². The standard InChI is InChI=1S/C35H40IN5O6S/c1-24-21-32(29-23-26(36)8-14-30(29)38-24)37-16-20-41(48(44,45)28-11-9-27(46-2)10-12-28)19-15-34(42)39-31-13-7-25(22-33(31)47-3)35(43)40-17-5-4-6-18-40/h7-14,21-23H,4-6,15-20H2,1-3H3,(H,37,38)(H,39,42). The summed E-state index contributed by atoms with van der Waals surface area (Å²) in [5, 5.41) is 7.16. The predicted molar refractivity (Wildman–Crippen MR) is 195 cm³/mol. The molecular formula is C35H40IN5O6S. The number of fused-ring (bicyclic) bond motifs is 1. The molecule has 1 fully saturated rings. The van der Waals surface area contributed by atoms with Crippen LogP contribution in [0.1, 0.15) is 41.7 Å². The van der Waals surface area contributed by atoms with Crippen molar-refractivity contribution in [1.82, 2.24) is 14.2 Å². The minimum absolute atomic E-state index is 0.0657. The minimum atomic E-state index is -3.97. The molecule has 0 atom stereocenters. The van der Waals surface area contributed by atoms with Crippen LogP contribution in [0.25, 0.3) is 10.9 Å². The van der Waals surface area contributed by atoms with Gasteiger partial charge in [-0.05, 0) is 116 Å². The lowest BCUT2D eigenvalue weighted by molar-refractivity contribution is -0.116. The summed E-state index contributed by atoms with van der Waals surface area (Å²) in [5.41, 5.74) is 3.42. The Morgan fingerprint density at radius 1 is 0.917 bits per heavy atom. The average Bonchev–Trinajstić information content (AvgIpc) is 3.10. The molecule has 13 heteroatoms. The van der Waals surface area contributed by atoms with Crippen LogP contribution < -0.4 is 20.1 Å². The van der Waals surface area contributed by atoms with Gasteiger partial charge in [-0.1, -0.05) is 0 Å². The van der Waals surface area contributed by atoms with Crippen molar-refractivity contribution < 1.29 is 27.5 Å². The van der Waals surface area contributed by atoms with Gasteiger partial charge in [0.05, 0.1) is 30.3 Å². The van der Waals surface area contributed by atoms with E-state index in [9.17, 15) is 18.0 Å². The molecular weight excluding hydrogens is 745 g/mol. The van der Waals surface area contributed by atoms with E-state index >= 15 is 0 Å². The van der Waals surface area contributed by atoms with Gasteiger partial charge in [-0.25, -0.2) is 8.42 Å². The molecule has 48 heavy (non-hydrogen) atoms. The molecule has 0 spiro atoms. The minimum Gasteiger partial charge on any atom is -0.497 e. The van der Waals surface area contributed by atoms with Gasteiger partial charge in [-0.15, -0.1) is 0 Å². The van der Waals surface area contributed by atoms with Crippen molar-refractivity contribution in [3.8, 4) is 11.5 Å². The second-order valence-corrected chi connectivity index (χ2v) is 14.7. The fourth-order valence-corrected chi connectivity index (χ4v) is 7.62. The zero-order valence-corrected chi connectivity index (χ0v) is 30.3. The number of amides is 2. The highest BCUT2D eigenvalue weighted by atomic mass is 127. The van der Waals surface area contributed by atoms with E-state index < -0.39 is 15.9 Å². The number of anilines is 2. The summed E-state index contributed by atoms with van der Waals surface area (Å²) in [5.74, 6) is 0.432. The van der Waals surface area contributed by atoms with Gasteiger partial charge in [-0.3, -0.25) is 14.6 Å². The third kappa shape index (κ3) is 8.55. The number of aryl methyl sites for hydroxylation is 1. The molecule has 0 bridgehead atoms. The number of halogens is 1. The first-order valence-corrected chi connectivity index (χ1v) is 18.3. The quantitative estimate of drug-likeness (QED) is 0.160. The lowest BCUT2D eigenvalue weighted by atomic mass is 10.1. The second kappa shape index (κ2) is 16.0. The number of pyridine rings is 1. The number of sulfonamides is 1. The average molecular weight is 786 g/mol. The number of methoxy groups -OCH3 is 2. The van der Waals surface area contributed by atoms with Crippen molar-refractivity contribution in [1.29, 1.82) is 0 Å². The summed E-state index contributed by atoms with van der Waals surface area (Å²) in [6, 6.07) is 19.0. The number of benzene rings is 3. The fraction of sp³-hybridized carbons (Fsp3) is 0.343. The summed E-state index contributed by atoms with van der Waals surface area (Å²) >= 11 is 2.25. The first-order valence-electron chi connectivity index (χ1n) is 15.8. The van der Waals surface area contributed by atoms with E-state index in [1.807, 2.05) is 36.1 Å². The molecule has 0 radical (unpaired) electrons. The largest absolute Gasteiger partial charge is 0.497 e. The van der Waals surface area contributed by atoms with Gasteiger partial charge < -0.3 is 25.0 Å². The topological polar surface area (TPSA) is 130 Å². The van der Waals surface area contributed by atoms with E-state index in [1.165, 1.54) is 30.7 Å². The number of carbonyl (C=O) groups excluding carboxylic acids is 2. The van der Waals surface area contributed by atoms with Gasteiger partial charge in [-0.2, -0.15) is 4.31 Å². The number of piperidine rings is 1. The van der Waals surface area contributed by atoms with Gasteiger partial charge in [0.2, 0.25) is 15.9 Å².